The highest BCUT2D eigenvalue weighted by Gasteiger charge is 2.38. The number of aromatic nitrogens is 1. The second kappa shape index (κ2) is 18.6. The van der Waals surface area contributed by atoms with E-state index >= 15 is 0 Å². The third-order valence-electron chi connectivity index (χ3n) is 9.78. The van der Waals surface area contributed by atoms with Gasteiger partial charge in [0.25, 0.3) is 0 Å². The van der Waals surface area contributed by atoms with Crippen LogP contribution in [0.2, 0.25) is 5.02 Å². The minimum atomic E-state index is -0.305. The molecule has 5 rings (SSSR count). The predicted octanol–water partition coefficient (Wildman–Crippen LogP) is 9.43. The van der Waals surface area contributed by atoms with Crippen LogP contribution in [0.4, 0.5) is 17.1 Å². The summed E-state index contributed by atoms with van der Waals surface area (Å²) in [5.74, 6) is 1.33. The number of pyridine rings is 1. The molecule has 1 fully saturated rings. The lowest BCUT2D eigenvalue weighted by Gasteiger charge is -2.46. The predicted molar refractivity (Wildman–Crippen MR) is 205 cm³/mol. The van der Waals surface area contributed by atoms with Crippen molar-refractivity contribution in [1.29, 1.82) is 0 Å². The lowest BCUT2D eigenvalue weighted by Crippen LogP contribution is -2.57. The minimum absolute atomic E-state index is 0.0238. The number of ether oxygens (including phenoxy) is 2. The highest BCUT2D eigenvalue weighted by molar-refractivity contribution is 6.33. The highest BCUT2D eigenvalue weighted by atomic mass is 35.5. The molecule has 9 nitrogen and oxygen atoms in total. The number of fused-ring (bicyclic) bond motifs is 1. The van der Waals surface area contributed by atoms with Crippen LogP contribution in [0.1, 0.15) is 113 Å². The van der Waals surface area contributed by atoms with Crippen LogP contribution in [0.3, 0.4) is 0 Å². The van der Waals surface area contributed by atoms with Gasteiger partial charge in [-0.2, -0.15) is 0 Å². The zero-order chi connectivity index (χ0) is 35.3. The molecule has 1 aliphatic heterocycles. The molecule has 1 aliphatic carbocycles. The number of anilines is 3. The van der Waals surface area contributed by atoms with Crippen LogP contribution in [0.15, 0.2) is 48.7 Å². The summed E-state index contributed by atoms with van der Waals surface area (Å²) in [6.07, 6.45) is 16.0. The maximum atomic E-state index is 13.1. The molecule has 2 heterocycles. The molecule has 3 aromatic rings. The average molecular weight is 705 g/mol. The number of rotatable bonds is 12. The summed E-state index contributed by atoms with van der Waals surface area (Å²) < 4.78 is 12.2. The normalized spacial score (nSPS) is 17.9. The second-order valence-corrected chi connectivity index (χ2v) is 14.5. The number of halogens is 1. The molecule has 1 unspecified atom stereocenters. The average Bonchev–Trinajstić information content (AvgIpc) is 3.07. The molecule has 50 heavy (non-hydrogen) atoms. The topological polar surface area (TPSA) is 99.8 Å². The Labute approximate surface area is 304 Å². The number of hydrogen-bond donors (Lipinski definition) is 4. The van der Waals surface area contributed by atoms with E-state index in [4.69, 9.17) is 21.1 Å². The number of aryl methyl sites for hydroxylation is 1. The van der Waals surface area contributed by atoms with Crippen molar-refractivity contribution >= 4 is 34.6 Å². The van der Waals surface area contributed by atoms with Crippen molar-refractivity contribution in [3.63, 3.8) is 0 Å². The Bertz CT molecular complexity index is 1540. The number of hydrogen-bond acceptors (Lipinski definition) is 8. The van der Waals surface area contributed by atoms with E-state index in [1.807, 2.05) is 64.3 Å². The monoisotopic (exact) mass is 704 g/mol. The Kier molecular flexibility index (Phi) is 14.1. The van der Waals surface area contributed by atoms with Crippen molar-refractivity contribution in [2.75, 3.05) is 43.2 Å². The number of carbonyl (C=O) groups excluding carboxylic acids is 1. The van der Waals surface area contributed by atoms with Gasteiger partial charge in [0, 0.05) is 36.0 Å². The standard InChI is InChI=1S/C40H57ClN6O3/c1-5-49-37-27-34-31(26-35(37)43-38(48)18-16-24-47(3)4)39(46-40(45-34)21-13-11-9-7-6-8-10-12-14-22-40)44-33-20-19-30(25-32(33)41)50-28-36-29(2)17-15-23-42-36/h15,17,19-20,23,25-27,39,44-46H,5-14,16,18,21-22,24,28H2,1-4H3,(H,43,48). The van der Waals surface area contributed by atoms with Gasteiger partial charge in [0.05, 0.1) is 34.4 Å². The summed E-state index contributed by atoms with van der Waals surface area (Å²) in [7, 11) is 4.04. The number of amides is 1. The van der Waals surface area contributed by atoms with Crippen molar-refractivity contribution in [3.8, 4) is 11.5 Å². The van der Waals surface area contributed by atoms with E-state index in [0.29, 0.717) is 41.8 Å². The van der Waals surface area contributed by atoms with E-state index in [1.54, 1.807) is 6.20 Å². The summed E-state index contributed by atoms with van der Waals surface area (Å²) in [5, 5.41) is 15.4. The Balaban J connectivity index is 1.44. The Hall–Kier alpha value is -3.53. The van der Waals surface area contributed by atoms with Gasteiger partial charge < -0.3 is 30.3 Å². The summed E-state index contributed by atoms with van der Waals surface area (Å²) in [5.41, 5.74) is 5.15. The summed E-state index contributed by atoms with van der Waals surface area (Å²) in [6.45, 7) is 5.72. The van der Waals surface area contributed by atoms with E-state index in [9.17, 15) is 4.79 Å². The van der Waals surface area contributed by atoms with Gasteiger partial charge in [-0.15, -0.1) is 0 Å². The highest BCUT2D eigenvalue weighted by Crippen LogP contribution is 2.43. The molecular formula is C40H57ClN6O3. The van der Waals surface area contributed by atoms with Crippen molar-refractivity contribution in [1.82, 2.24) is 15.2 Å². The van der Waals surface area contributed by atoms with Gasteiger partial charge in [0.2, 0.25) is 5.91 Å². The van der Waals surface area contributed by atoms with Crippen LogP contribution in [-0.4, -0.2) is 48.7 Å². The van der Waals surface area contributed by atoms with Crippen LogP contribution in [0, 0.1) is 6.92 Å². The van der Waals surface area contributed by atoms with Crippen LogP contribution in [0.25, 0.3) is 0 Å². The number of benzene rings is 2. The van der Waals surface area contributed by atoms with Gasteiger partial charge in [0.15, 0.2) is 0 Å². The van der Waals surface area contributed by atoms with Crippen LogP contribution >= 0.6 is 11.6 Å². The van der Waals surface area contributed by atoms with Crippen molar-refractivity contribution in [2.24, 2.45) is 0 Å². The fourth-order valence-corrected chi connectivity index (χ4v) is 7.24. The molecule has 0 radical (unpaired) electrons. The number of nitrogens with zero attached hydrogens (tertiary/aromatic N) is 2. The van der Waals surface area contributed by atoms with Crippen LogP contribution in [-0.2, 0) is 11.4 Å². The fraction of sp³-hybridized carbons (Fsp3) is 0.550. The Morgan fingerprint density at radius 1 is 0.980 bits per heavy atom. The second-order valence-electron chi connectivity index (χ2n) is 14.1. The van der Waals surface area contributed by atoms with Gasteiger partial charge in [0.1, 0.15) is 24.3 Å². The minimum Gasteiger partial charge on any atom is -0.492 e. The van der Waals surface area contributed by atoms with E-state index in [2.05, 4.69) is 37.2 Å². The van der Waals surface area contributed by atoms with E-state index in [0.717, 1.165) is 66.8 Å². The first-order valence-electron chi connectivity index (χ1n) is 18.7. The first kappa shape index (κ1) is 37.7. The van der Waals surface area contributed by atoms with Crippen LogP contribution < -0.4 is 30.7 Å². The van der Waals surface area contributed by atoms with E-state index in [1.165, 1.54) is 44.9 Å². The van der Waals surface area contributed by atoms with Gasteiger partial charge in [-0.05, 0) is 96.4 Å². The first-order valence-corrected chi connectivity index (χ1v) is 19.0. The molecule has 4 N–H and O–H groups in total. The molecule has 0 bridgehead atoms. The maximum Gasteiger partial charge on any atom is 0.224 e. The van der Waals surface area contributed by atoms with Gasteiger partial charge in [-0.25, -0.2) is 0 Å². The molecule has 1 aromatic heterocycles. The van der Waals surface area contributed by atoms with Gasteiger partial charge in [-0.3, -0.25) is 15.1 Å². The third-order valence-corrected chi connectivity index (χ3v) is 10.1. The van der Waals surface area contributed by atoms with Crippen molar-refractivity contribution in [3.05, 3.63) is 70.5 Å². The summed E-state index contributed by atoms with van der Waals surface area (Å²) in [4.78, 5) is 19.6. The zero-order valence-corrected chi connectivity index (χ0v) is 31.3. The SMILES string of the molecule is CCOc1cc2c(cc1NC(=O)CCCN(C)C)C(Nc1ccc(OCc3ncccc3C)cc1Cl)NC1(CCCCCCCCCCC1)N2. The first-order chi connectivity index (χ1) is 24.2. The molecule has 0 saturated heterocycles. The summed E-state index contributed by atoms with van der Waals surface area (Å²) in [6, 6.07) is 13.8. The molecule has 1 amide bonds. The number of carbonyl (C=O) groups is 1. The quantitative estimate of drug-likeness (QED) is 0.148. The van der Waals surface area contributed by atoms with Crippen LogP contribution in [0.5, 0.6) is 11.5 Å². The molecular weight excluding hydrogens is 648 g/mol. The molecule has 2 aromatic carbocycles. The van der Waals surface area contributed by atoms with E-state index in [-0.39, 0.29) is 17.7 Å². The number of nitrogens with one attached hydrogen (secondary N) is 4. The third kappa shape index (κ3) is 10.7. The molecule has 272 valence electrons. The smallest absolute Gasteiger partial charge is 0.224 e. The van der Waals surface area contributed by atoms with Gasteiger partial charge in [-0.1, -0.05) is 62.6 Å². The molecule has 1 atom stereocenters. The van der Waals surface area contributed by atoms with Crippen molar-refractivity contribution < 1.29 is 14.3 Å². The molecule has 1 spiro atoms. The zero-order valence-electron chi connectivity index (χ0n) is 30.5. The maximum absolute atomic E-state index is 13.1. The summed E-state index contributed by atoms with van der Waals surface area (Å²) >= 11 is 6.94. The largest absolute Gasteiger partial charge is 0.492 e. The van der Waals surface area contributed by atoms with Gasteiger partial charge >= 0.3 is 0 Å². The lowest BCUT2D eigenvalue weighted by atomic mass is 9.88. The van der Waals surface area contributed by atoms with Crippen molar-refractivity contribution in [2.45, 2.75) is 116 Å². The van der Waals surface area contributed by atoms with E-state index < -0.39 is 0 Å². The lowest BCUT2D eigenvalue weighted by molar-refractivity contribution is -0.116. The molecule has 2 aliphatic rings. The fourth-order valence-electron chi connectivity index (χ4n) is 7.01. The Morgan fingerprint density at radius 3 is 2.36 bits per heavy atom. The Morgan fingerprint density at radius 2 is 1.70 bits per heavy atom. The molecule has 1 saturated carbocycles. The molecule has 10 heteroatoms.